The monoisotopic (exact) mass is 290 g/mol. The number of carbonyl (C=O) groups is 1. The first-order valence-corrected chi connectivity index (χ1v) is 7.75. The maximum atomic E-state index is 12.3. The van der Waals surface area contributed by atoms with Gasteiger partial charge in [0, 0.05) is 0 Å². The summed E-state index contributed by atoms with van der Waals surface area (Å²) >= 11 is 0. The first-order valence-electron chi connectivity index (χ1n) is 6.10. The molecular formula is C15H14O4S. The fraction of sp³-hybridized carbons (Fsp3) is 0.133. The molecular weight excluding hydrogens is 276 g/mol. The second-order valence-corrected chi connectivity index (χ2v) is 6.43. The SMILES string of the molecule is O=C(O)c1ccccc1S(=O)(=O)CCc1ccccc1. The molecule has 0 aromatic heterocycles. The molecule has 0 fully saturated rings. The van der Waals surface area contributed by atoms with Crippen LogP contribution >= 0.6 is 0 Å². The van der Waals surface area contributed by atoms with E-state index in [0.717, 1.165) is 5.56 Å². The zero-order chi connectivity index (χ0) is 14.6. The Hall–Kier alpha value is -2.14. The maximum absolute atomic E-state index is 12.3. The standard InChI is InChI=1S/C15H14O4S/c16-15(17)13-8-4-5-9-14(13)20(18,19)11-10-12-6-2-1-3-7-12/h1-9H,10-11H2,(H,16,17). The predicted octanol–water partition coefficient (Wildman–Crippen LogP) is 2.40. The van der Waals surface area contributed by atoms with E-state index in [0.29, 0.717) is 6.42 Å². The summed E-state index contributed by atoms with van der Waals surface area (Å²) in [6.45, 7) is 0. The molecule has 0 bridgehead atoms. The summed E-state index contributed by atoms with van der Waals surface area (Å²) in [5, 5.41) is 9.05. The lowest BCUT2D eigenvalue weighted by Gasteiger charge is -2.07. The van der Waals surface area contributed by atoms with Crippen LogP contribution in [0.25, 0.3) is 0 Å². The third-order valence-corrected chi connectivity index (χ3v) is 4.72. The maximum Gasteiger partial charge on any atom is 0.337 e. The minimum absolute atomic E-state index is 0.110. The van der Waals surface area contributed by atoms with E-state index in [1.54, 1.807) is 0 Å². The number of sulfone groups is 1. The van der Waals surface area contributed by atoms with Gasteiger partial charge in [-0.15, -0.1) is 0 Å². The summed E-state index contributed by atoms with van der Waals surface area (Å²) < 4.78 is 24.5. The van der Waals surface area contributed by atoms with Crippen LogP contribution in [0.5, 0.6) is 0 Å². The summed E-state index contributed by atoms with van der Waals surface area (Å²) in [5.41, 5.74) is 0.726. The lowest BCUT2D eigenvalue weighted by Crippen LogP contribution is -2.13. The smallest absolute Gasteiger partial charge is 0.337 e. The Morgan fingerprint density at radius 1 is 0.950 bits per heavy atom. The number of aromatic carboxylic acids is 1. The van der Waals surface area contributed by atoms with Gasteiger partial charge in [0.1, 0.15) is 0 Å². The molecule has 0 spiro atoms. The van der Waals surface area contributed by atoms with Crippen molar-refractivity contribution in [3.05, 3.63) is 65.7 Å². The quantitative estimate of drug-likeness (QED) is 0.918. The minimum Gasteiger partial charge on any atom is -0.478 e. The zero-order valence-electron chi connectivity index (χ0n) is 10.7. The predicted molar refractivity (Wildman–Crippen MR) is 75.6 cm³/mol. The van der Waals surface area contributed by atoms with Crippen molar-refractivity contribution in [1.29, 1.82) is 0 Å². The Bertz CT molecular complexity index is 706. The van der Waals surface area contributed by atoms with E-state index in [2.05, 4.69) is 0 Å². The van der Waals surface area contributed by atoms with Crippen LogP contribution in [0.1, 0.15) is 15.9 Å². The van der Waals surface area contributed by atoms with Crippen molar-refractivity contribution in [2.24, 2.45) is 0 Å². The highest BCUT2D eigenvalue weighted by atomic mass is 32.2. The highest BCUT2D eigenvalue weighted by Crippen LogP contribution is 2.18. The van der Waals surface area contributed by atoms with Crippen molar-refractivity contribution in [2.45, 2.75) is 11.3 Å². The van der Waals surface area contributed by atoms with Crippen LogP contribution in [0.4, 0.5) is 0 Å². The first kappa shape index (κ1) is 14.3. The van der Waals surface area contributed by atoms with Gasteiger partial charge in [-0.1, -0.05) is 42.5 Å². The molecule has 0 saturated carbocycles. The summed E-state index contributed by atoms with van der Waals surface area (Å²) in [7, 11) is -3.61. The average molecular weight is 290 g/mol. The van der Waals surface area contributed by atoms with Crippen LogP contribution < -0.4 is 0 Å². The number of rotatable bonds is 5. The molecule has 1 N–H and O–H groups in total. The third-order valence-electron chi connectivity index (χ3n) is 2.95. The van der Waals surface area contributed by atoms with E-state index in [1.165, 1.54) is 24.3 Å². The molecule has 2 aromatic carbocycles. The molecule has 4 nitrogen and oxygen atoms in total. The number of benzene rings is 2. The molecule has 0 heterocycles. The normalized spacial score (nSPS) is 11.2. The van der Waals surface area contributed by atoms with Crippen molar-refractivity contribution in [3.8, 4) is 0 Å². The van der Waals surface area contributed by atoms with Crippen molar-refractivity contribution in [3.63, 3.8) is 0 Å². The van der Waals surface area contributed by atoms with Crippen LogP contribution in [0, 0.1) is 0 Å². The van der Waals surface area contributed by atoms with Crippen LogP contribution in [-0.4, -0.2) is 25.2 Å². The zero-order valence-corrected chi connectivity index (χ0v) is 11.5. The Morgan fingerprint density at radius 3 is 2.20 bits per heavy atom. The fourth-order valence-corrected chi connectivity index (χ4v) is 3.42. The largest absolute Gasteiger partial charge is 0.478 e. The van der Waals surface area contributed by atoms with Gasteiger partial charge in [0.2, 0.25) is 0 Å². The van der Waals surface area contributed by atoms with Crippen LogP contribution in [0.3, 0.4) is 0 Å². The van der Waals surface area contributed by atoms with Gasteiger partial charge in [0.05, 0.1) is 16.2 Å². The van der Waals surface area contributed by atoms with E-state index in [-0.39, 0.29) is 16.2 Å². The van der Waals surface area contributed by atoms with Gasteiger partial charge in [0.15, 0.2) is 9.84 Å². The molecule has 5 heteroatoms. The summed E-state index contributed by atoms with van der Waals surface area (Å²) in [4.78, 5) is 11.0. The molecule has 0 amide bonds. The summed E-state index contributed by atoms with van der Waals surface area (Å²) in [6, 6.07) is 14.9. The highest BCUT2D eigenvalue weighted by molar-refractivity contribution is 7.91. The minimum atomic E-state index is -3.61. The molecule has 0 aliphatic carbocycles. The lowest BCUT2D eigenvalue weighted by molar-refractivity contribution is 0.0692. The average Bonchev–Trinajstić information content (AvgIpc) is 2.46. The molecule has 0 atom stereocenters. The molecule has 0 saturated heterocycles. The van der Waals surface area contributed by atoms with Gasteiger partial charge in [-0.05, 0) is 24.1 Å². The van der Waals surface area contributed by atoms with Gasteiger partial charge in [0.25, 0.3) is 0 Å². The van der Waals surface area contributed by atoms with Crippen molar-refractivity contribution in [2.75, 3.05) is 5.75 Å². The Balaban J connectivity index is 2.25. The Kier molecular flexibility index (Phi) is 4.20. The van der Waals surface area contributed by atoms with E-state index in [4.69, 9.17) is 5.11 Å². The summed E-state index contributed by atoms with van der Waals surface area (Å²) in [6.07, 6.45) is 0.358. The van der Waals surface area contributed by atoms with Crippen LogP contribution in [0.2, 0.25) is 0 Å². The van der Waals surface area contributed by atoms with Crippen LogP contribution in [-0.2, 0) is 16.3 Å². The third kappa shape index (κ3) is 3.24. The number of hydrogen-bond donors (Lipinski definition) is 1. The molecule has 0 unspecified atom stereocenters. The lowest BCUT2D eigenvalue weighted by atomic mass is 10.2. The van der Waals surface area contributed by atoms with Gasteiger partial charge in [-0.3, -0.25) is 0 Å². The second-order valence-electron chi connectivity index (χ2n) is 4.36. The van der Waals surface area contributed by atoms with Crippen molar-refractivity contribution in [1.82, 2.24) is 0 Å². The number of aryl methyl sites for hydroxylation is 1. The van der Waals surface area contributed by atoms with E-state index in [9.17, 15) is 13.2 Å². The molecule has 0 aliphatic heterocycles. The van der Waals surface area contributed by atoms with Crippen molar-refractivity contribution >= 4 is 15.8 Å². The Labute approximate surface area is 117 Å². The van der Waals surface area contributed by atoms with E-state index >= 15 is 0 Å². The second kappa shape index (κ2) is 5.88. The fourth-order valence-electron chi connectivity index (χ4n) is 1.92. The van der Waals surface area contributed by atoms with Gasteiger partial charge >= 0.3 is 5.97 Å². The van der Waals surface area contributed by atoms with Gasteiger partial charge in [-0.25, -0.2) is 13.2 Å². The first-order chi connectivity index (χ1) is 9.50. The summed E-state index contributed by atoms with van der Waals surface area (Å²) in [5.74, 6) is -1.34. The Morgan fingerprint density at radius 2 is 1.55 bits per heavy atom. The number of carboxylic acids is 1. The van der Waals surface area contributed by atoms with Crippen LogP contribution in [0.15, 0.2) is 59.5 Å². The topological polar surface area (TPSA) is 71.4 Å². The van der Waals surface area contributed by atoms with Gasteiger partial charge < -0.3 is 5.11 Å². The molecule has 20 heavy (non-hydrogen) atoms. The number of carboxylic acid groups (broad SMARTS) is 1. The van der Waals surface area contributed by atoms with Crippen molar-refractivity contribution < 1.29 is 18.3 Å². The molecule has 2 aromatic rings. The molecule has 104 valence electrons. The number of hydrogen-bond acceptors (Lipinski definition) is 3. The van der Waals surface area contributed by atoms with Gasteiger partial charge in [-0.2, -0.15) is 0 Å². The van der Waals surface area contributed by atoms with E-state index < -0.39 is 15.8 Å². The molecule has 0 radical (unpaired) electrons. The molecule has 2 rings (SSSR count). The molecule has 0 aliphatic rings. The highest BCUT2D eigenvalue weighted by Gasteiger charge is 2.21. The van der Waals surface area contributed by atoms with E-state index in [1.807, 2.05) is 30.3 Å².